The lowest BCUT2D eigenvalue weighted by molar-refractivity contribution is -0.140. The van der Waals surface area contributed by atoms with Gasteiger partial charge in [0, 0.05) is 6.07 Å². The monoisotopic (exact) mass is 253 g/mol. The number of aliphatic carboxylic acids is 1. The van der Waals surface area contributed by atoms with Crippen molar-refractivity contribution in [3.8, 4) is 0 Å². The smallest absolute Gasteiger partial charge is 0.326 e. The number of hydrogen-bond acceptors (Lipinski definition) is 4. The molecule has 0 saturated carbocycles. The maximum Gasteiger partial charge on any atom is 0.326 e. The highest BCUT2D eigenvalue weighted by molar-refractivity contribution is 5.94. The van der Waals surface area contributed by atoms with Crippen LogP contribution in [0.2, 0.25) is 0 Å². The summed E-state index contributed by atoms with van der Waals surface area (Å²) in [4.78, 5) is 33.5. The first-order valence-corrected chi connectivity index (χ1v) is 5.55. The number of carboxylic acids is 1. The molecule has 1 rings (SSSR count). The predicted molar refractivity (Wildman–Crippen MR) is 63.2 cm³/mol. The first kappa shape index (κ1) is 13.9. The second-order valence-corrected chi connectivity index (χ2v) is 3.98. The van der Waals surface area contributed by atoms with Crippen molar-refractivity contribution in [1.82, 2.24) is 15.5 Å². The molecule has 1 amide bonds. The van der Waals surface area contributed by atoms with E-state index in [4.69, 9.17) is 5.11 Å². The average Bonchev–Trinajstić information content (AvgIpc) is 2.35. The Hall–Kier alpha value is -2.18. The minimum absolute atomic E-state index is 0.0239. The van der Waals surface area contributed by atoms with Crippen molar-refractivity contribution in [1.29, 1.82) is 0 Å². The molecule has 3 N–H and O–H groups in total. The van der Waals surface area contributed by atoms with Gasteiger partial charge < -0.3 is 10.4 Å². The number of hydrogen-bond donors (Lipinski definition) is 3. The van der Waals surface area contributed by atoms with Gasteiger partial charge in [0.05, 0.1) is 0 Å². The van der Waals surface area contributed by atoms with E-state index in [2.05, 4.69) is 15.5 Å². The molecule has 98 valence electrons. The third-order valence-electron chi connectivity index (χ3n) is 2.68. The van der Waals surface area contributed by atoms with Crippen LogP contribution in [-0.4, -0.2) is 33.2 Å². The van der Waals surface area contributed by atoms with E-state index in [9.17, 15) is 14.4 Å². The average molecular weight is 253 g/mol. The quantitative estimate of drug-likeness (QED) is 0.683. The van der Waals surface area contributed by atoms with E-state index in [1.54, 1.807) is 6.92 Å². The van der Waals surface area contributed by atoms with Crippen molar-refractivity contribution >= 4 is 11.9 Å². The second kappa shape index (κ2) is 5.95. The molecule has 7 nitrogen and oxygen atoms in total. The van der Waals surface area contributed by atoms with E-state index in [0.29, 0.717) is 6.42 Å². The minimum atomic E-state index is -1.10. The van der Waals surface area contributed by atoms with Crippen LogP contribution in [-0.2, 0) is 4.79 Å². The zero-order valence-electron chi connectivity index (χ0n) is 10.1. The number of rotatable bonds is 5. The highest BCUT2D eigenvalue weighted by atomic mass is 16.4. The van der Waals surface area contributed by atoms with Crippen LogP contribution in [0.25, 0.3) is 0 Å². The number of amides is 1. The summed E-state index contributed by atoms with van der Waals surface area (Å²) in [6.45, 7) is 3.57. The molecule has 0 spiro atoms. The molecule has 7 heteroatoms. The van der Waals surface area contributed by atoms with Crippen molar-refractivity contribution in [2.24, 2.45) is 5.92 Å². The number of H-pyrrole nitrogens is 1. The number of carbonyl (C=O) groups excluding carboxylic acids is 1. The standard InChI is InChI=1S/C11H15N3O4/c1-3-6(2)9(11(17)18)12-10(16)7-4-5-8(15)14-13-7/h4-6,9H,3H2,1-2H3,(H,12,16)(H,14,15)(H,17,18). The van der Waals surface area contributed by atoms with Gasteiger partial charge in [0.25, 0.3) is 11.5 Å². The van der Waals surface area contributed by atoms with Gasteiger partial charge in [-0.2, -0.15) is 5.10 Å². The Balaban J connectivity index is 2.81. The normalized spacial score (nSPS) is 13.7. The number of nitrogens with one attached hydrogen (secondary N) is 2. The number of aromatic nitrogens is 2. The van der Waals surface area contributed by atoms with Crippen LogP contribution < -0.4 is 10.9 Å². The molecule has 0 saturated heterocycles. The molecule has 0 aliphatic rings. The van der Waals surface area contributed by atoms with Gasteiger partial charge in [-0.1, -0.05) is 20.3 Å². The summed E-state index contributed by atoms with van der Waals surface area (Å²) in [6, 6.07) is 1.42. The first-order valence-electron chi connectivity index (χ1n) is 5.55. The van der Waals surface area contributed by atoms with Crippen LogP contribution in [0.5, 0.6) is 0 Å². The molecule has 0 bridgehead atoms. The van der Waals surface area contributed by atoms with Crippen LogP contribution in [0.15, 0.2) is 16.9 Å². The Bertz CT molecular complexity index is 477. The van der Waals surface area contributed by atoms with Gasteiger partial charge in [-0.05, 0) is 12.0 Å². The molecule has 1 aromatic rings. The zero-order chi connectivity index (χ0) is 13.7. The third-order valence-corrected chi connectivity index (χ3v) is 2.68. The molecule has 0 aliphatic heterocycles. The summed E-state index contributed by atoms with van der Waals surface area (Å²) in [6.07, 6.45) is 0.621. The Labute approximate surface area is 103 Å². The molecule has 2 atom stereocenters. The summed E-state index contributed by atoms with van der Waals surface area (Å²) in [5, 5.41) is 17.0. The third kappa shape index (κ3) is 3.41. The highest BCUT2D eigenvalue weighted by Crippen LogP contribution is 2.08. The van der Waals surface area contributed by atoms with Crippen molar-refractivity contribution < 1.29 is 14.7 Å². The number of nitrogens with zero attached hydrogens (tertiary/aromatic N) is 1. The van der Waals surface area contributed by atoms with Crippen molar-refractivity contribution in [3.05, 3.63) is 28.2 Å². The van der Waals surface area contributed by atoms with Crippen molar-refractivity contribution in [2.45, 2.75) is 26.3 Å². The maximum atomic E-state index is 11.7. The second-order valence-electron chi connectivity index (χ2n) is 3.98. The fourth-order valence-corrected chi connectivity index (χ4v) is 1.37. The summed E-state index contributed by atoms with van der Waals surface area (Å²) in [5.74, 6) is -1.92. The fourth-order valence-electron chi connectivity index (χ4n) is 1.37. The molecule has 18 heavy (non-hydrogen) atoms. The molecule has 0 radical (unpaired) electrons. The highest BCUT2D eigenvalue weighted by Gasteiger charge is 2.26. The number of aromatic amines is 1. The fraction of sp³-hybridized carbons (Fsp3) is 0.455. The Morgan fingerprint density at radius 2 is 2.17 bits per heavy atom. The number of carbonyl (C=O) groups is 2. The van der Waals surface area contributed by atoms with Crippen LogP contribution >= 0.6 is 0 Å². The van der Waals surface area contributed by atoms with Gasteiger partial charge in [-0.3, -0.25) is 9.59 Å². The lowest BCUT2D eigenvalue weighted by Gasteiger charge is -2.19. The van der Waals surface area contributed by atoms with Gasteiger partial charge in [0.2, 0.25) is 0 Å². The zero-order valence-corrected chi connectivity index (χ0v) is 10.1. The van der Waals surface area contributed by atoms with E-state index in [1.807, 2.05) is 6.92 Å². The lowest BCUT2D eigenvalue weighted by atomic mass is 9.99. The molecule has 0 aromatic carbocycles. The topological polar surface area (TPSA) is 112 Å². The number of carboxylic acid groups (broad SMARTS) is 1. The Morgan fingerprint density at radius 3 is 2.61 bits per heavy atom. The Kier molecular flexibility index (Phi) is 4.59. The predicted octanol–water partition coefficient (Wildman–Crippen LogP) is -0.00100. The van der Waals surface area contributed by atoms with E-state index >= 15 is 0 Å². The van der Waals surface area contributed by atoms with E-state index in [-0.39, 0.29) is 11.6 Å². The summed E-state index contributed by atoms with van der Waals surface area (Å²) in [5.41, 5.74) is -0.451. The molecule has 2 unspecified atom stereocenters. The summed E-state index contributed by atoms with van der Waals surface area (Å²) in [7, 11) is 0. The van der Waals surface area contributed by atoms with Gasteiger partial charge in [0.1, 0.15) is 11.7 Å². The molecule has 1 heterocycles. The minimum Gasteiger partial charge on any atom is -0.480 e. The molecule has 1 aromatic heterocycles. The maximum absolute atomic E-state index is 11.7. The van der Waals surface area contributed by atoms with Gasteiger partial charge >= 0.3 is 5.97 Å². The summed E-state index contributed by atoms with van der Waals surface area (Å²) < 4.78 is 0. The molecular formula is C11H15N3O4. The van der Waals surface area contributed by atoms with Crippen LogP contribution in [0, 0.1) is 5.92 Å². The van der Waals surface area contributed by atoms with Crippen LogP contribution in [0.3, 0.4) is 0 Å². The lowest BCUT2D eigenvalue weighted by Crippen LogP contribution is -2.45. The van der Waals surface area contributed by atoms with Crippen LogP contribution in [0.1, 0.15) is 30.8 Å². The molecular weight excluding hydrogens is 238 g/mol. The Morgan fingerprint density at radius 1 is 1.50 bits per heavy atom. The van der Waals surface area contributed by atoms with Gasteiger partial charge in [-0.25, -0.2) is 9.89 Å². The van der Waals surface area contributed by atoms with Crippen molar-refractivity contribution in [2.75, 3.05) is 0 Å². The van der Waals surface area contributed by atoms with E-state index in [1.165, 1.54) is 6.07 Å². The molecule has 0 aliphatic carbocycles. The van der Waals surface area contributed by atoms with E-state index < -0.39 is 23.5 Å². The largest absolute Gasteiger partial charge is 0.480 e. The van der Waals surface area contributed by atoms with Crippen LogP contribution in [0.4, 0.5) is 0 Å². The SMILES string of the molecule is CCC(C)C(NC(=O)c1ccc(=O)[nH]n1)C(=O)O. The van der Waals surface area contributed by atoms with E-state index in [0.717, 1.165) is 6.07 Å². The van der Waals surface area contributed by atoms with Gasteiger partial charge in [0.15, 0.2) is 0 Å². The molecule has 0 fully saturated rings. The van der Waals surface area contributed by atoms with Crippen molar-refractivity contribution in [3.63, 3.8) is 0 Å². The van der Waals surface area contributed by atoms with Gasteiger partial charge in [-0.15, -0.1) is 0 Å². The first-order chi connectivity index (χ1) is 8.45. The summed E-state index contributed by atoms with van der Waals surface area (Å²) >= 11 is 0.